The molecule has 202 valence electrons. The Labute approximate surface area is 240 Å². The summed E-state index contributed by atoms with van der Waals surface area (Å²) < 4.78 is 8.48. The van der Waals surface area contributed by atoms with Crippen molar-refractivity contribution in [2.24, 2.45) is 0 Å². The first-order chi connectivity index (χ1) is 19.9. The van der Waals surface area contributed by atoms with Gasteiger partial charge in [-0.2, -0.15) is 0 Å². The molecule has 0 saturated heterocycles. The minimum atomic E-state index is 0.307. The van der Waals surface area contributed by atoms with E-state index in [0.29, 0.717) is 17.5 Å². The number of benzene rings is 4. The molecule has 4 heteroatoms. The van der Waals surface area contributed by atoms with Gasteiger partial charge in [-0.25, -0.2) is 9.97 Å². The van der Waals surface area contributed by atoms with Crippen LogP contribution in [0.15, 0.2) is 102 Å². The molecule has 0 radical (unpaired) electrons. The van der Waals surface area contributed by atoms with E-state index in [0.717, 1.165) is 38.8 Å². The largest absolute Gasteiger partial charge is 0.438 e. The van der Waals surface area contributed by atoms with E-state index >= 15 is 0 Å². The van der Waals surface area contributed by atoms with Gasteiger partial charge < -0.3 is 4.42 Å². The molecule has 0 atom stereocenters. The summed E-state index contributed by atoms with van der Waals surface area (Å²) in [6.45, 7) is 11.3. The van der Waals surface area contributed by atoms with E-state index < -0.39 is 0 Å². The number of hydrogen-bond acceptors (Lipinski definition) is 3. The first-order valence-corrected chi connectivity index (χ1v) is 14.4. The SMILES string of the molecule is Cc1cccc2oc3ncc(-c4nc5ccccc5n4-c4c(C(C)C)cc(-c5ccccc5)cc4C(C)C)cc3c12. The normalized spacial score (nSPS) is 12.0. The predicted octanol–water partition coefficient (Wildman–Crippen LogP) is 10.2. The highest BCUT2D eigenvalue weighted by molar-refractivity contribution is 6.06. The second kappa shape index (κ2) is 9.74. The Hall–Kier alpha value is -4.70. The van der Waals surface area contributed by atoms with Crippen LogP contribution < -0.4 is 0 Å². The van der Waals surface area contributed by atoms with Gasteiger partial charge in [0.1, 0.15) is 11.4 Å². The van der Waals surface area contributed by atoms with Crippen molar-refractivity contribution in [2.75, 3.05) is 0 Å². The molecule has 0 aliphatic rings. The summed E-state index contributed by atoms with van der Waals surface area (Å²) in [4.78, 5) is 10.0. The van der Waals surface area contributed by atoms with Gasteiger partial charge in [-0.3, -0.25) is 4.57 Å². The summed E-state index contributed by atoms with van der Waals surface area (Å²) in [7, 11) is 0. The zero-order valence-electron chi connectivity index (χ0n) is 24.1. The molecule has 0 N–H and O–H groups in total. The monoisotopic (exact) mass is 535 g/mol. The number of aryl methyl sites for hydroxylation is 1. The van der Waals surface area contributed by atoms with Gasteiger partial charge in [0.25, 0.3) is 0 Å². The molecule has 0 aliphatic carbocycles. The Balaban J connectivity index is 1.56. The molecule has 0 saturated carbocycles. The summed E-state index contributed by atoms with van der Waals surface area (Å²) in [5.74, 6) is 1.50. The molecule has 3 heterocycles. The van der Waals surface area contributed by atoms with Crippen molar-refractivity contribution in [2.45, 2.75) is 46.5 Å². The van der Waals surface area contributed by atoms with Gasteiger partial charge in [-0.15, -0.1) is 0 Å². The maximum absolute atomic E-state index is 6.12. The Bertz CT molecular complexity index is 2030. The number of imidazole rings is 1. The Kier molecular flexibility index (Phi) is 6.01. The van der Waals surface area contributed by atoms with E-state index in [1.165, 1.54) is 33.5 Å². The van der Waals surface area contributed by atoms with Gasteiger partial charge >= 0.3 is 0 Å². The standard InChI is InChI=1S/C37H33N3O/c1-22(2)28-18-26(25-13-7-6-8-14-25)19-29(23(3)4)35(28)40-32-16-10-9-15-31(32)39-36(40)27-20-30-34-24(5)12-11-17-33(34)41-37(30)38-21-27/h6-23H,1-5H3. The van der Waals surface area contributed by atoms with Gasteiger partial charge in [0.15, 0.2) is 0 Å². The van der Waals surface area contributed by atoms with Crippen LogP contribution in [0.4, 0.5) is 0 Å². The van der Waals surface area contributed by atoms with E-state index in [4.69, 9.17) is 14.4 Å². The fraction of sp³-hybridized carbons (Fsp3) is 0.189. The Morgan fingerprint density at radius 2 is 1.41 bits per heavy atom. The molecule has 0 bridgehead atoms. The minimum absolute atomic E-state index is 0.307. The van der Waals surface area contributed by atoms with E-state index in [9.17, 15) is 0 Å². The van der Waals surface area contributed by atoms with Crippen LogP contribution in [0.5, 0.6) is 0 Å². The van der Waals surface area contributed by atoms with Crippen LogP contribution in [0, 0.1) is 6.92 Å². The zero-order chi connectivity index (χ0) is 28.2. The second-order valence-corrected chi connectivity index (χ2v) is 11.6. The molecule has 0 aliphatic heterocycles. The van der Waals surface area contributed by atoms with E-state index in [1.54, 1.807) is 0 Å². The summed E-state index contributed by atoms with van der Waals surface area (Å²) in [5, 5.41) is 2.12. The molecule has 3 aromatic heterocycles. The molecular formula is C37H33N3O. The van der Waals surface area contributed by atoms with Crippen LogP contribution in [-0.4, -0.2) is 14.5 Å². The number of para-hydroxylation sites is 2. The smallest absolute Gasteiger partial charge is 0.227 e. The number of furan rings is 1. The first kappa shape index (κ1) is 25.3. The van der Waals surface area contributed by atoms with Gasteiger partial charge in [0.2, 0.25) is 5.71 Å². The summed E-state index contributed by atoms with van der Waals surface area (Å²) in [6.07, 6.45) is 1.90. The lowest BCUT2D eigenvalue weighted by Gasteiger charge is -2.24. The number of nitrogens with zero attached hydrogens (tertiary/aromatic N) is 3. The molecule has 7 rings (SSSR count). The first-order valence-electron chi connectivity index (χ1n) is 14.4. The lowest BCUT2D eigenvalue weighted by atomic mass is 9.88. The summed E-state index contributed by atoms with van der Waals surface area (Å²) in [5.41, 5.74) is 12.0. The quantitative estimate of drug-likeness (QED) is 0.220. The van der Waals surface area contributed by atoms with Crippen LogP contribution in [0.3, 0.4) is 0 Å². The van der Waals surface area contributed by atoms with Crippen LogP contribution in [0.25, 0.3) is 61.3 Å². The van der Waals surface area contributed by atoms with Gasteiger partial charge in [-0.1, -0.05) is 82.3 Å². The zero-order valence-corrected chi connectivity index (χ0v) is 24.1. The van der Waals surface area contributed by atoms with E-state index in [2.05, 4.69) is 118 Å². The van der Waals surface area contributed by atoms with E-state index in [-0.39, 0.29) is 0 Å². The van der Waals surface area contributed by atoms with Crippen molar-refractivity contribution in [3.8, 4) is 28.2 Å². The molecule has 41 heavy (non-hydrogen) atoms. The number of hydrogen-bond donors (Lipinski definition) is 0. The maximum Gasteiger partial charge on any atom is 0.227 e. The van der Waals surface area contributed by atoms with Gasteiger partial charge in [0.05, 0.1) is 16.7 Å². The molecule has 4 aromatic carbocycles. The van der Waals surface area contributed by atoms with Crippen molar-refractivity contribution < 1.29 is 4.42 Å². The summed E-state index contributed by atoms with van der Waals surface area (Å²) in [6, 6.07) is 32.2. The predicted molar refractivity (Wildman–Crippen MR) is 170 cm³/mol. The molecule has 0 unspecified atom stereocenters. The number of aromatic nitrogens is 3. The van der Waals surface area contributed by atoms with Crippen LogP contribution in [-0.2, 0) is 0 Å². The van der Waals surface area contributed by atoms with E-state index in [1.807, 2.05) is 18.3 Å². The summed E-state index contributed by atoms with van der Waals surface area (Å²) >= 11 is 0. The van der Waals surface area contributed by atoms with Crippen LogP contribution in [0.1, 0.15) is 56.2 Å². The highest BCUT2D eigenvalue weighted by atomic mass is 16.3. The second-order valence-electron chi connectivity index (χ2n) is 11.6. The average Bonchev–Trinajstić information content (AvgIpc) is 3.55. The highest BCUT2D eigenvalue weighted by Gasteiger charge is 2.24. The van der Waals surface area contributed by atoms with Crippen molar-refractivity contribution in [3.05, 3.63) is 114 Å². The molecular weight excluding hydrogens is 502 g/mol. The number of fused-ring (bicyclic) bond motifs is 4. The van der Waals surface area contributed by atoms with Crippen LogP contribution >= 0.6 is 0 Å². The van der Waals surface area contributed by atoms with Crippen LogP contribution in [0.2, 0.25) is 0 Å². The fourth-order valence-corrected chi connectivity index (χ4v) is 6.07. The minimum Gasteiger partial charge on any atom is -0.438 e. The Morgan fingerprint density at radius 1 is 0.707 bits per heavy atom. The lowest BCUT2D eigenvalue weighted by Crippen LogP contribution is -2.09. The third-order valence-electron chi connectivity index (χ3n) is 8.12. The molecule has 4 nitrogen and oxygen atoms in total. The average molecular weight is 536 g/mol. The van der Waals surface area contributed by atoms with Crippen molar-refractivity contribution in [1.82, 2.24) is 14.5 Å². The number of pyridine rings is 1. The molecule has 7 aromatic rings. The fourth-order valence-electron chi connectivity index (χ4n) is 6.07. The molecule has 0 spiro atoms. The topological polar surface area (TPSA) is 43.9 Å². The molecule has 0 fully saturated rings. The van der Waals surface area contributed by atoms with Gasteiger partial charge in [0, 0.05) is 22.5 Å². The third-order valence-corrected chi connectivity index (χ3v) is 8.12. The maximum atomic E-state index is 6.12. The van der Waals surface area contributed by atoms with Crippen molar-refractivity contribution >= 4 is 33.1 Å². The molecule has 0 amide bonds. The number of rotatable bonds is 5. The Morgan fingerprint density at radius 3 is 2.15 bits per heavy atom. The third kappa shape index (κ3) is 4.13. The van der Waals surface area contributed by atoms with Crippen molar-refractivity contribution in [1.29, 1.82) is 0 Å². The van der Waals surface area contributed by atoms with Gasteiger partial charge in [-0.05, 0) is 83.0 Å². The highest BCUT2D eigenvalue weighted by Crippen LogP contribution is 2.41. The van der Waals surface area contributed by atoms with Crippen molar-refractivity contribution in [3.63, 3.8) is 0 Å². The lowest BCUT2D eigenvalue weighted by molar-refractivity contribution is 0.654.